The molecule has 1 aliphatic rings. The molecule has 0 bridgehead atoms. The molecule has 78 valence electrons. The minimum absolute atomic E-state index is 0.211. The SMILES string of the molecule is CC(O)CN(C)CC1(CBr)CCC1. The summed E-state index contributed by atoms with van der Waals surface area (Å²) in [6.45, 7) is 3.75. The molecule has 0 aromatic heterocycles. The van der Waals surface area contributed by atoms with E-state index in [1.165, 1.54) is 19.3 Å². The van der Waals surface area contributed by atoms with E-state index < -0.39 is 0 Å². The zero-order chi connectivity index (χ0) is 9.90. The molecule has 0 aromatic rings. The molecule has 0 heterocycles. The van der Waals surface area contributed by atoms with Crippen molar-refractivity contribution in [2.45, 2.75) is 32.3 Å². The van der Waals surface area contributed by atoms with Crippen LogP contribution in [-0.2, 0) is 0 Å². The Balaban J connectivity index is 2.29. The van der Waals surface area contributed by atoms with Crippen molar-refractivity contribution in [1.82, 2.24) is 4.90 Å². The first-order valence-electron chi connectivity index (χ1n) is 5.00. The summed E-state index contributed by atoms with van der Waals surface area (Å²) in [7, 11) is 2.09. The van der Waals surface area contributed by atoms with Gasteiger partial charge in [0.1, 0.15) is 0 Å². The lowest BCUT2D eigenvalue weighted by atomic mass is 9.70. The van der Waals surface area contributed by atoms with Crippen LogP contribution < -0.4 is 0 Å². The fraction of sp³-hybridized carbons (Fsp3) is 1.00. The second-order valence-electron chi connectivity index (χ2n) is 4.53. The van der Waals surface area contributed by atoms with Gasteiger partial charge in [-0.15, -0.1) is 0 Å². The van der Waals surface area contributed by atoms with Crippen LogP contribution in [0.5, 0.6) is 0 Å². The molecule has 3 heteroatoms. The lowest BCUT2D eigenvalue weighted by Crippen LogP contribution is -2.43. The average molecular weight is 250 g/mol. The van der Waals surface area contributed by atoms with Gasteiger partial charge in [-0.05, 0) is 32.2 Å². The summed E-state index contributed by atoms with van der Waals surface area (Å²) in [5.41, 5.74) is 0.504. The number of alkyl halides is 1. The van der Waals surface area contributed by atoms with Crippen molar-refractivity contribution in [3.63, 3.8) is 0 Å². The topological polar surface area (TPSA) is 23.5 Å². The molecule has 1 unspecified atom stereocenters. The molecule has 1 atom stereocenters. The Morgan fingerprint density at radius 1 is 1.54 bits per heavy atom. The van der Waals surface area contributed by atoms with Gasteiger partial charge in [-0.3, -0.25) is 0 Å². The normalized spacial score (nSPS) is 22.8. The van der Waals surface area contributed by atoms with E-state index in [-0.39, 0.29) is 6.10 Å². The second kappa shape index (κ2) is 4.76. The minimum Gasteiger partial charge on any atom is -0.392 e. The highest BCUT2D eigenvalue weighted by Crippen LogP contribution is 2.42. The molecule has 1 saturated carbocycles. The summed E-state index contributed by atoms with van der Waals surface area (Å²) in [4.78, 5) is 2.24. The van der Waals surface area contributed by atoms with E-state index in [1.54, 1.807) is 0 Å². The van der Waals surface area contributed by atoms with Crippen molar-refractivity contribution in [2.24, 2.45) is 5.41 Å². The molecule has 0 amide bonds. The third-order valence-electron chi connectivity index (χ3n) is 2.88. The maximum Gasteiger partial charge on any atom is 0.0638 e. The molecular weight excluding hydrogens is 230 g/mol. The Bertz CT molecular complexity index is 151. The van der Waals surface area contributed by atoms with Crippen LogP contribution in [-0.4, -0.2) is 41.6 Å². The molecule has 0 radical (unpaired) electrons. The molecule has 1 fully saturated rings. The van der Waals surface area contributed by atoms with Gasteiger partial charge >= 0.3 is 0 Å². The number of nitrogens with zero attached hydrogens (tertiary/aromatic N) is 1. The molecule has 0 spiro atoms. The van der Waals surface area contributed by atoms with Crippen molar-refractivity contribution >= 4 is 15.9 Å². The lowest BCUT2D eigenvalue weighted by molar-refractivity contribution is 0.0736. The summed E-state index contributed by atoms with van der Waals surface area (Å²) < 4.78 is 0. The number of hydrogen-bond acceptors (Lipinski definition) is 2. The van der Waals surface area contributed by atoms with Crippen LogP contribution in [0, 0.1) is 5.41 Å². The van der Waals surface area contributed by atoms with E-state index in [1.807, 2.05) is 6.92 Å². The lowest BCUT2D eigenvalue weighted by Gasteiger charge is -2.43. The number of likely N-dealkylation sites (N-methyl/N-ethyl adjacent to an activating group) is 1. The fourth-order valence-electron chi connectivity index (χ4n) is 2.10. The van der Waals surface area contributed by atoms with Crippen LogP contribution in [0.25, 0.3) is 0 Å². The van der Waals surface area contributed by atoms with Crippen LogP contribution in [0.15, 0.2) is 0 Å². The first-order valence-corrected chi connectivity index (χ1v) is 6.13. The highest BCUT2D eigenvalue weighted by molar-refractivity contribution is 9.09. The van der Waals surface area contributed by atoms with E-state index in [9.17, 15) is 5.11 Å². The Labute approximate surface area is 89.4 Å². The van der Waals surface area contributed by atoms with Gasteiger partial charge in [-0.25, -0.2) is 0 Å². The quantitative estimate of drug-likeness (QED) is 0.753. The molecule has 1 rings (SSSR count). The fourth-order valence-corrected chi connectivity index (χ4v) is 2.84. The summed E-state index contributed by atoms with van der Waals surface area (Å²) in [6.07, 6.45) is 3.83. The number of hydrogen-bond donors (Lipinski definition) is 1. The molecule has 1 aliphatic carbocycles. The molecule has 0 aliphatic heterocycles. The number of halogens is 1. The highest BCUT2D eigenvalue weighted by atomic mass is 79.9. The largest absolute Gasteiger partial charge is 0.392 e. The second-order valence-corrected chi connectivity index (χ2v) is 5.09. The molecule has 0 aromatic carbocycles. The Morgan fingerprint density at radius 3 is 2.46 bits per heavy atom. The van der Waals surface area contributed by atoms with Gasteiger partial charge in [0.15, 0.2) is 0 Å². The molecule has 13 heavy (non-hydrogen) atoms. The molecule has 2 nitrogen and oxygen atoms in total. The molecule has 0 saturated heterocycles. The van der Waals surface area contributed by atoms with E-state index >= 15 is 0 Å². The molecular formula is C10H20BrNO. The predicted octanol–water partition coefficient (Wildman–Crippen LogP) is 1.86. The number of aliphatic hydroxyl groups excluding tert-OH is 1. The van der Waals surface area contributed by atoms with Crippen molar-refractivity contribution in [3.05, 3.63) is 0 Å². The zero-order valence-electron chi connectivity index (χ0n) is 8.59. The van der Waals surface area contributed by atoms with Crippen molar-refractivity contribution in [3.8, 4) is 0 Å². The first kappa shape index (κ1) is 11.5. The van der Waals surface area contributed by atoms with Crippen LogP contribution >= 0.6 is 15.9 Å². The smallest absolute Gasteiger partial charge is 0.0638 e. The number of aliphatic hydroxyl groups is 1. The van der Waals surface area contributed by atoms with Gasteiger partial charge in [0.25, 0.3) is 0 Å². The standard InChI is InChI=1S/C10H20BrNO/c1-9(13)6-12(2)8-10(7-11)4-3-5-10/h9,13H,3-8H2,1-2H3. The van der Waals surface area contributed by atoms with Gasteiger partial charge in [0, 0.05) is 18.4 Å². The van der Waals surface area contributed by atoms with Crippen LogP contribution in [0.1, 0.15) is 26.2 Å². The maximum absolute atomic E-state index is 9.23. The summed E-state index contributed by atoms with van der Waals surface area (Å²) >= 11 is 3.59. The third-order valence-corrected chi connectivity index (χ3v) is 4.07. The zero-order valence-corrected chi connectivity index (χ0v) is 10.2. The van der Waals surface area contributed by atoms with E-state index in [4.69, 9.17) is 0 Å². The number of rotatable bonds is 5. The van der Waals surface area contributed by atoms with Crippen molar-refractivity contribution in [1.29, 1.82) is 0 Å². The first-order chi connectivity index (χ1) is 6.08. The van der Waals surface area contributed by atoms with Gasteiger partial charge in [-0.1, -0.05) is 22.4 Å². The van der Waals surface area contributed by atoms with E-state index in [2.05, 4.69) is 27.9 Å². The van der Waals surface area contributed by atoms with Crippen LogP contribution in [0.4, 0.5) is 0 Å². The van der Waals surface area contributed by atoms with Crippen molar-refractivity contribution in [2.75, 3.05) is 25.5 Å². The van der Waals surface area contributed by atoms with Gasteiger partial charge in [0.2, 0.25) is 0 Å². The van der Waals surface area contributed by atoms with Gasteiger partial charge in [-0.2, -0.15) is 0 Å². The van der Waals surface area contributed by atoms with E-state index in [0.717, 1.165) is 18.4 Å². The summed E-state index contributed by atoms with van der Waals surface area (Å²) in [5.74, 6) is 0. The van der Waals surface area contributed by atoms with Crippen LogP contribution in [0.3, 0.4) is 0 Å². The monoisotopic (exact) mass is 249 g/mol. The van der Waals surface area contributed by atoms with Crippen molar-refractivity contribution < 1.29 is 5.11 Å². The molecule has 1 N–H and O–H groups in total. The summed E-state index contributed by atoms with van der Waals surface area (Å²) in [5, 5.41) is 10.3. The van der Waals surface area contributed by atoms with E-state index in [0.29, 0.717) is 5.41 Å². The Kier molecular flexibility index (Phi) is 4.20. The minimum atomic E-state index is -0.211. The Morgan fingerprint density at radius 2 is 2.15 bits per heavy atom. The summed E-state index contributed by atoms with van der Waals surface area (Å²) in [6, 6.07) is 0. The third kappa shape index (κ3) is 3.22. The average Bonchev–Trinajstić information content (AvgIpc) is 1.95. The highest BCUT2D eigenvalue weighted by Gasteiger charge is 2.36. The Hall–Kier alpha value is 0.400. The van der Waals surface area contributed by atoms with Crippen LogP contribution in [0.2, 0.25) is 0 Å². The van der Waals surface area contributed by atoms with Gasteiger partial charge < -0.3 is 10.0 Å². The predicted molar refractivity (Wildman–Crippen MR) is 59.3 cm³/mol. The van der Waals surface area contributed by atoms with Gasteiger partial charge in [0.05, 0.1) is 6.10 Å². The maximum atomic E-state index is 9.23.